The smallest absolute Gasteiger partial charge is 0.226 e. The van der Waals surface area contributed by atoms with E-state index in [1.165, 1.54) is 0 Å². The van der Waals surface area contributed by atoms with Gasteiger partial charge < -0.3 is 10.1 Å². The number of nitrogens with zero attached hydrogens (tertiary/aromatic N) is 1. The zero-order valence-corrected chi connectivity index (χ0v) is 10.2. The van der Waals surface area contributed by atoms with E-state index in [0.29, 0.717) is 18.1 Å². The topological polar surface area (TPSA) is 51.2 Å². The van der Waals surface area contributed by atoms with Gasteiger partial charge in [-0.25, -0.2) is 0 Å². The predicted molar refractivity (Wildman–Crippen MR) is 63.5 cm³/mol. The molecule has 0 spiro atoms. The van der Waals surface area contributed by atoms with Crippen LogP contribution in [-0.2, 0) is 4.79 Å². The lowest BCUT2D eigenvalue weighted by Gasteiger charge is -2.17. The second-order valence-corrected chi connectivity index (χ2v) is 4.85. The van der Waals surface area contributed by atoms with Crippen molar-refractivity contribution in [1.82, 2.24) is 4.98 Å². The Labute approximate surface area is 96.0 Å². The van der Waals surface area contributed by atoms with Crippen LogP contribution in [0, 0.1) is 5.41 Å². The van der Waals surface area contributed by atoms with E-state index in [1.54, 1.807) is 25.3 Å². The van der Waals surface area contributed by atoms with E-state index in [1.807, 2.05) is 20.8 Å². The van der Waals surface area contributed by atoms with Gasteiger partial charge in [-0.2, -0.15) is 4.98 Å². The van der Waals surface area contributed by atoms with Gasteiger partial charge in [0.25, 0.3) is 0 Å². The summed E-state index contributed by atoms with van der Waals surface area (Å²) in [6.07, 6.45) is 0.464. The molecule has 1 rings (SSSR count). The van der Waals surface area contributed by atoms with E-state index in [2.05, 4.69) is 10.3 Å². The third kappa shape index (κ3) is 4.29. The Morgan fingerprint density at radius 2 is 2.12 bits per heavy atom. The lowest BCUT2D eigenvalue weighted by atomic mass is 9.92. The number of carbonyl (C=O) groups excluding carboxylic acids is 1. The third-order valence-corrected chi connectivity index (χ3v) is 1.89. The van der Waals surface area contributed by atoms with Crippen molar-refractivity contribution < 1.29 is 9.53 Å². The molecule has 0 aromatic carbocycles. The van der Waals surface area contributed by atoms with E-state index < -0.39 is 0 Å². The molecule has 1 aromatic rings. The highest BCUT2D eigenvalue weighted by Gasteiger charge is 2.16. The fourth-order valence-electron chi connectivity index (χ4n) is 1.27. The van der Waals surface area contributed by atoms with Crippen LogP contribution in [0.15, 0.2) is 18.2 Å². The SMILES string of the molecule is COc1cccc(NC(=O)CC(C)(C)C)n1. The van der Waals surface area contributed by atoms with Crippen LogP contribution in [0.2, 0.25) is 0 Å². The summed E-state index contributed by atoms with van der Waals surface area (Å²) in [4.78, 5) is 15.7. The molecule has 0 aliphatic heterocycles. The number of amides is 1. The van der Waals surface area contributed by atoms with Crippen molar-refractivity contribution in [2.24, 2.45) is 5.41 Å². The molecular weight excluding hydrogens is 204 g/mol. The van der Waals surface area contributed by atoms with Crippen molar-refractivity contribution in [2.45, 2.75) is 27.2 Å². The molecule has 1 aromatic heterocycles. The number of rotatable bonds is 3. The average molecular weight is 222 g/mol. The maximum Gasteiger partial charge on any atom is 0.226 e. The highest BCUT2D eigenvalue weighted by Crippen LogP contribution is 2.19. The fraction of sp³-hybridized carbons (Fsp3) is 0.500. The molecule has 4 nitrogen and oxygen atoms in total. The molecule has 1 N–H and O–H groups in total. The first-order valence-electron chi connectivity index (χ1n) is 5.21. The Bertz CT molecular complexity index is 370. The normalized spacial score (nSPS) is 11.0. The molecule has 16 heavy (non-hydrogen) atoms. The van der Waals surface area contributed by atoms with E-state index in [-0.39, 0.29) is 11.3 Å². The maximum atomic E-state index is 11.6. The zero-order chi connectivity index (χ0) is 12.2. The Hall–Kier alpha value is -1.58. The minimum absolute atomic E-state index is 0.0249. The van der Waals surface area contributed by atoms with Crippen LogP contribution in [0.1, 0.15) is 27.2 Å². The van der Waals surface area contributed by atoms with Crippen molar-refractivity contribution in [1.29, 1.82) is 0 Å². The second-order valence-electron chi connectivity index (χ2n) is 4.85. The summed E-state index contributed by atoms with van der Waals surface area (Å²) in [5, 5.41) is 2.74. The van der Waals surface area contributed by atoms with E-state index in [4.69, 9.17) is 4.74 Å². The van der Waals surface area contributed by atoms with Crippen molar-refractivity contribution >= 4 is 11.7 Å². The van der Waals surface area contributed by atoms with Crippen molar-refractivity contribution in [2.75, 3.05) is 12.4 Å². The van der Waals surface area contributed by atoms with Gasteiger partial charge in [-0.05, 0) is 11.5 Å². The van der Waals surface area contributed by atoms with Crippen LogP contribution in [-0.4, -0.2) is 18.0 Å². The number of anilines is 1. The van der Waals surface area contributed by atoms with Gasteiger partial charge in [-0.15, -0.1) is 0 Å². The summed E-state index contributed by atoms with van der Waals surface area (Å²) in [5.74, 6) is 0.982. The molecule has 0 atom stereocenters. The zero-order valence-electron chi connectivity index (χ0n) is 10.2. The van der Waals surface area contributed by atoms with Crippen LogP contribution in [0.5, 0.6) is 5.88 Å². The predicted octanol–water partition coefficient (Wildman–Crippen LogP) is 2.46. The molecule has 0 radical (unpaired) electrons. The standard InChI is InChI=1S/C12H18N2O2/c1-12(2,3)8-10(15)13-9-6-5-7-11(14-9)16-4/h5-7H,8H2,1-4H3,(H,13,14,15). The quantitative estimate of drug-likeness (QED) is 0.854. The number of nitrogens with one attached hydrogen (secondary N) is 1. The van der Waals surface area contributed by atoms with Crippen LogP contribution in [0.4, 0.5) is 5.82 Å². The van der Waals surface area contributed by atoms with Crippen LogP contribution in [0.25, 0.3) is 0 Å². The Balaban J connectivity index is 2.62. The fourth-order valence-corrected chi connectivity index (χ4v) is 1.27. The molecule has 0 aliphatic rings. The highest BCUT2D eigenvalue weighted by molar-refractivity contribution is 5.90. The molecule has 4 heteroatoms. The van der Waals surface area contributed by atoms with Crippen molar-refractivity contribution in [3.8, 4) is 5.88 Å². The first kappa shape index (κ1) is 12.5. The molecule has 0 saturated carbocycles. The molecule has 0 saturated heterocycles. The highest BCUT2D eigenvalue weighted by atomic mass is 16.5. The molecule has 0 fully saturated rings. The van der Waals surface area contributed by atoms with Gasteiger partial charge in [0.1, 0.15) is 5.82 Å². The summed E-state index contributed by atoms with van der Waals surface area (Å²) < 4.78 is 4.97. The number of pyridine rings is 1. The largest absolute Gasteiger partial charge is 0.481 e. The van der Waals surface area contributed by atoms with Crippen molar-refractivity contribution in [3.63, 3.8) is 0 Å². The molecule has 0 unspecified atom stereocenters. The average Bonchev–Trinajstić information content (AvgIpc) is 2.15. The molecular formula is C12H18N2O2. The summed E-state index contributed by atoms with van der Waals surface area (Å²) in [6, 6.07) is 5.26. The molecule has 88 valence electrons. The number of aromatic nitrogens is 1. The summed E-state index contributed by atoms with van der Waals surface area (Å²) in [6.45, 7) is 6.06. The maximum absolute atomic E-state index is 11.6. The van der Waals surface area contributed by atoms with Gasteiger partial charge in [-0.1, -0.05) is 26.8 Å². The van der Waals surface area contributed by atoms with Gasteiger partial charge >= 0.3 is 0 Å². The molecule has 0 aliphatic carbocycles. The molecule has 1 heterocycles. The molecule has 1 amide bonds. The van der Waals surface area contributed by atoms with Crippen LogP contribution < -0.4 is 10.1 Å². The minimum Gasteiger partial charge on any atom is -0.481 e. The number of carbonyl (C=O) groups is 1. The molecule has 0 bridgehead atoms. The van der Waals surface area contributed by atoms with Gasteiger partial charge in [0.05, 0.1) is 7.11 Å². The van der Waals surface area contributed by atoms with Gasteiger partial charge in [0.2, 0.25) is 11.8 Å². The third-order valence-electron chi connectivity index (χ3n) is 1.89. The van der Waals surface area contributed by atoms with E-state index in [9.17, 15) is 4.79 Å². The van der Waals surface area contributed by atoms with E-state index in [0.717, 1.165) is 0 Å². The lowest BCUT2D eigenvalue weighted by Crippen LogP contribution is -2.20. The number of hydrogen-bond acceptors (Lipinski definition) is 3. The second kappa shape index (κ2) is 4.96. The monoisotopic (exact) mass is 222 g/mol. The van der Waals surface area contributed by atoms with Gasteiger partial charge in [-0.3, -0.25) is 4.79 Å². The van der Waals surface area contributed by atoms with Crippen LogP contribution in [0.3, 0.4) is 0 Å². The van der Waals surface area contributed by atoms with Crippen molar-refractivity contribution in [3.05, 3.63) is 18.2 Å². The van der Waals surface area contributed by atoms with Crippen LogP contribution >= 0.6 is 0 Å². The number of methoxy groups -OCH3 is 1. The first-order valence-corrected chi connectivity index (χ1v) is 5.21. The summed E-state index contributed by atoms with van der Waals surface area (Å²) in [7, 11) is 1.54. The Kier molecular flexibility index (Phi) is 3.88. The van der Waals surface area contributed by atoms with E-state index >= 15 is 0 Å². The number of ether oxygens (including phenoxy) is 1. The number of hydrogen-bond donors (Lipinski definition) is 1. The lowest BCUT2D eigenvalue weighted by molar-refractivity contribution is -0.117. The first-order chi connectivity index (χ1) is 7.40. The summed E-state index contributed by atoms with van der Waals surface area (Å²) >= 11 is 0. The Morgan fingerprint density at radius 1 is 1.44 bits per heavy atom. The minimum atomic E-state index is -0.0340. The Morgan fingerprint density at radius 3 is 2.69 bits per heavy atom. The van der Waals surface area contributed by atoms with Gasteiger partial charge in [0.15, 0.2) is 0 Å². The summed E-state index contributed by atoms with van der Waals surface area (Å²) in [5.41, 5.74) is -0.0249. The van der Waals surface area contributed by atoms with Gasteiger partial charge in [0, 0.05) is 12.5 Å².